The molecule has 4 heteroatoms. The van der Waals surface area contributed by atoms with Crippen molar-refractivity contribution in [1.29, 1.82) is 0 Å². The summed E-state index contributed by atoms with van der Waals surface area (Å²) in [5.74, 6) is 1.17. The summed E-state index contributed by atoms with van der Waals surface area (Å²) in [5.41, 5.74) is 2.39. The minimum absolute atomic E-state index is 0.0141. The van der Waals surface area contributed by atoms with E-state index in [1.54, 1.807) is 0 Å². The van der Waals surface area contributed by atoms with Gasteiger partial charge in [-0.05, 0) is 30.0 Å². The molecule has 1 fully saturated rings. The van der Waals surface area contributed by atoms with Gasteiger partial charge in [0.15, 0.2) is 0 Å². The summed E-state index contributed by atoms with van der Waals surface area (Å²) < 4.78 is 10.8. The lowest BCUT2D eigenvalue weighted by Gasteiger charge is -2.17. The monoisotopic (exact) mass is 277 g/mol. The normalized spacial score (nSPS) is 22.1. The van der Waals surface area contributed by atoms with Crippen molar-refractivity contribution in [2.45, 2.75) is 45.3 Å². The van der Waals surface area contributed by atoms with Gasteiger partial charge in [0.1, 0.15) is 17.9 Å². The molecule has 1 saturated heterocycles. The number of nitrogens with one attached hydrogen (secondary N) is 1. The van der Waals surface area contributed by atoms with Crippen molar-refractivity contribution >= 4 is 5.97 Å². The molecule has 0 aliphatic carbocycles. The van der Waals surface area contributed by atoms with Crippen molar-refractivity contribution in [1.82, 2.24) is 5.32 Å². The average Bonchev–Trinajstić information content (AvgIpc) is 2.88. The predicted octanol–water partition coefficient (Wildman–Crippen LogP) is 2.40. The third kappa shape index (κ3) is 3.31. The van der Waals surface area contributed by atoms with Gasteiger partial charge in [0.25, 0.3) is 0 Å². The molecule has 1 aromatic carbocycles. The number of ether oxygens (including phenoxy) is 2. The van der Waals surface area contributed by atoms with Gasteiger partial charge in [-0.25, -0.2) is 0 Å². The van der Waals surface area contributed by atoms with E-state index in [0.29, 0.717) is 18.9 Å². The summed E-state index contributed by atoms with van der Waals surface area (Å²) in [4.78, 5) is 11.5. The topological polar surface area (TPSA) is 47.6 Å². The Bertz CT molecular complexity index is 485. The Labute approximate surface area is 120 Å². The fourth-order valence-electron chi connectivity index (χ4n) is 2.40. The molecule has 2 rings (SSSR count). The first-order valence-electron chi connectivity index (χ1n) is 7.09. The van der Waals surface area contributed by atoms with Crippen LogP contribution in [0.5, 0.6) is 5.75 Å². The first-order chi connectivity index (χ1) is 9.51. The maximum absolute atomic E-state index is 11.5. The third-order valence-corrected chi connectivity index (χ3v) is 3.75. The second kappa shape index (κ2) is 6.27. The first kappa shape index (κ1) is 14.9. The maximum Gasteiger partial charge on any atom is 0.323 e. The summed E-state index contributed by atoms with van der Waals surface area (Å²) >= 11 is 0. The highest BCUT2D eigenvalue weighted by atomic mass is 16.5. The van der Waals surface area contributed by atoms with Crippen molar-refractivity contribution < 1.29 is 14.3 Å². The number of esters is 1. The van der Waals surface area contributed by atoms with Gasteiger partial charge in [-0.3, -0.25) is 4.79 Å². The summed E-state index contributed by atoms with van der Waals surface area (Å²) in [7, 11) is 1.41. The molecule has 0 aromatic heterocycles. The van der Waals surface area contributed by atoms with Crippen LogP contribution in [0.25, 0.3) is 0 Å². The number of hydrogen-bond donors (Lipinski definition) is 1. The number of hydrogen-bond acceptors (Lipinski definition) is 4. The van der Waals surface area contributed by atoms with Gasteiger partial charge in [-0.1, -0.05) is 26.0 Å². The van der Waals surface area contributed by atoms with Gasteiger partial charge in [-0.2, -0.15) is 0 Å². The Hall–Kier alpha value is -1.55. The minimum atomic E-state index is -0.251. The standard InChI is InChI=1S/C16H23NO3/c1-10(2)12-6-5-11(3)15(7-12)20-13-8-14(17-9-13)16(18)19-4/h5-7,10,13-14,17H,8-9H2,1-4H3/t13?,14-/m0/s1. The lowest BCUT2D eigenvalue weighted by Crippen LogP contribution is -2.31. The van der Waals surface area contributed by atoms with Crippen LogP contribution in [-0.4, -0.2) is 31.8 Å². The largest absolute Gasteiger partial charge is 0.489 e. The van der Waals surface area contributed by atoms with Crippen LogP contribution >= 0.6 is 0 Å². The number of methoxy groups -OCH3 is 1. The molecule has 20 heavy (non-hydrogen) atoms. The van der Waals surface area contributed by atoms with Gasteiger partial charge < -0.3 is 14.8 Å². The van der Waals surface area contributed by atoms with Crippen molar-refractivity contribution in [3.8, 4) is 5.75 Å². The smallest absolute Gasteiger partial charge is 0.323 e. The summed E-state index contributed by atoms with van der Waals surface area (Å²) in [6.07, 6.45) is 0.665. The minimum Gasteiger partial charge on any atom is -0.489 e. The molecule has 110 valence electrons. The number of benzene rings is 1. The van der Waals surface area contributed by atoms with Gasteiger partial charge in [0, 0.05) is 13.0 Å². The Morgan fingerprint density at radius 3 is 2.80 bits per heavy atom. The van der Waals surface area contributed by atoms with E-state index >= 15 is 0 Å². The van der Waals surface area contributed by atoms with Gasteiger partial charge in [-0.15, -0.1) is 0 Å². The fraction of sp³-hybridized carbons (Fsp3) is 0.562. The van der Waals surface area contributed by atoms with E-state index in [1.807, 2.05) is 6.92 Å². The van der Waals surface area contributed by atoms with Crippen LogP contribution in [0.4, 0.5) is 0 Å². The maximum atomic E-state index is 11.5. The van der Waals surface area contributed by atoms with Crippen LogP contribution in [0.3, 0.4) is 0 Å². The van der Waals surface area contributed by atoms with E-state index in [2.05, 4.69) is 37.4 Å². The highest BCUT2D eigenvalue weighted by molar-refractivity contribution is 5.76. The van der Waals surface area contributed by atoms with E-state index in [9.17, 15) is 4.79 Å². The second-order valence-corrected chi connectivity index (χ2v) is 5.64. The quantitative estimate of drug-likeness (QED) is 0.859. The number of carbonyl (C=O) groups excluding carboxylic acids is 1. The van der Waals surface area contributed by atoms with Crippen LogP contribution in [-0.2, 0) is 9.53 Å². The van der Waals surface area contributed by atoms with Crippen molar-refractivity contribution in [3.63, 3.8) is 0 Å². The molecule has 0 spiro atoms. The zero-order valence-corrected chi connectivity index (χ0v) is 12.6. The molecule has 4 nitrogen and oxygen atoms in total. The fourth-order valence-corrected chi connectivity index (χ4v) is 2.40. The van der Waals surface area contributed by atoms with E-state index in [1.165, 1.54) is 12.7 Å². The van der Waals surface area contributed by atoms with Crippen LogP contribution < -0.4 is 10.1 Å². The van der Waals surface area contributed by atoms with Crippen molar-refractivity contribution in [2.75, 3.05) is 13.7 Å². The van der Waals surface area contributed by atoms with Gasteiger partial charge in [0.2, 0.25) is 0 Å². The molecule has 1 N–H and O–H groups in total. The van der Waals surface area contributed by atoms with E-state index in [4.69, 9.17) is 9.47 Å². The van der Waals surface area contributed by atoms with Crippen molar-refractivity contribution in [3.05, 3.63) is 29.3 Å². The third-order valence-electron chi connectivity index (χ3n) is 3.75. The molecule has 1 aliphatic heterocycles. The molecule has 0 radical (unpaired) electrons. The second-order valence-electron chi connectivity index (χ2n) is 5.64. The Kier molecular flexibility index (Phi) is 4.65. The lowest BCUT2D eigenvalue weighted by molar-refractivity contribution is -0.142. The average molecular weight is 277 g/mol. The molecular weight excluding hydrogens is 254 g/mol. The van der Waals surface area contributed by atoms with E-state index in [0.717, 1.165) is 11.3 Å². The van der Waals surface area contributed by atoms with Crippen molar-refractivity contribution in [2.24, 2.45) is 0 Å². The molecule has 0 bridgehead atoms. The first-order valence-corrected chi connectivity index (χ1v) is 7.09. The SMILES string of the molecule is COC(=O)[C@@H]1CC(Oc2cc(C(C)C)ccc2C)CN1. The van der Waals surface area contributed by atoms with E-state index in [-0.39, 0.29) is 18.1 Å². The molecular formula is C16H23NO3. The molecule has 1 aliphatic rings. The number of carbonyl (C=O) groups is 1. The lowest BCUT2D eigenvalue weighted by atomic mass is 10.0. The molecule has 1 aromatic rings. The molecule has 1 unspecified atom stereocenters. The summed E-state index contributed by atoms with van der Waals surface area (Å²) in [6, 6.07) is 6.08. The Balaban J connectivity index is 2.04. The Morgan fingerprint density at radius 2 is 2.15 bits per heavy atom. The Morgan fingerprint density at radius 1 is 1.40 bits per heavy atom. The van der Waals surface area contributed by atoms with Gasteiger partial charge in [0.05, 0.1) is 7.11 Å². The molecule has 0 saturated carbocycles. The zero-order valence-electron chi connectivity index (χ0n) is 12.6. The molecule has 1 heterocycles. The molecule has 2 atom stereocenters. The zero-order chi connectivity index (χ0) is 14.7. The highest BCUT2D eigenvalue weighted by Gasteiger charge is 2.31. The number of rotatable bonds is 4. The van der Waals surface area contributed by atoms with Crippen LogP contribution in [0.15, 0.2) is 18.2 Å². The van der Waals surface area contributed by atoms with Crippen LogP contribution in [0, 0.1) is 6.92 Å². The van der Waals surface area contributed by atoms with Gasteiger partial charge >= 0.3 is 5.97 Å². The van der Waals surface area contributed by atoms with E-state index < -0.39 is 0 Å². The number of aryl methyl sites for hydroxylation is 1. The van der Waals surface area contributed by atoms with Crippen LogP contribution in [0.2, 0.25) is 0 Å². The predicted molar refractivity (Wildman–Crippen MR) is 78.1 cm³/mol. The summed E-state index contributed by atoms with van der Waals surface area (Å²) in [5, 5.41) is 3.13. The van der Waals surface area contributed by atoms with Crippen LogP contribution in [0.1, 0.15) is 37.3 Å². The summed E-state index contributed by atoms with van der Waals surface area (Å²) in [6.45, 7) is 7.04. The molecule has 0 amide bonds. The highest BCUT2D eigenvalue weighted by Crippen LogP contribution is 2.26.